The van der Waals surface area contributed by atoms with Crippen LogP contribution in [0.1, 0.15) is 6.42 Å². The molecular weight excluding hydrogens is 414 g/mol. The van der Waals surface area contributed by atoms with Gasteiger partial charge in [0.15, 0.2) is 5.65 Å². The smallest absolute Gasteiger partial charge is 0.244 e. The molecule has 2 aromatic carbocycles. The van der Waals surface area contributed by atoms with E-state index in [0.717, 1.165) is 11.1 Å². The van der Waals surface area contributed by atoms with E-state index in [1.54, 1.807) is 9.58 Å². The lowest BCUT2D eigenvalue weighted by Gasteiger charge is -2.15. The summed E-state index contributed by atoms with van der Waals surface area (Å²) in [5.74, 6) is -0.120. The highest BCUT2D eigenvalue weighted by Crippen LogP contribution is 2.37. The van der Waals surface area contributed by atoms with E-state index in [9.17, 15) is 9.90 Å². The van der Waals surface area contributed by atoms with E-state index in [2.05, 4.69) is 10.2 Å². The molecule has 7 nitrogen and oxygen atoms in total. The number of fused-ring (bicyclic) bond motifs is 1. The van der Waals surface area contributed by atoms with Crippen LogP contribution in [-0.2, 0) is 11.3 Å². The van der Waals surface area contributed by atoms with Crippen molar-refractivity contribution in [3.8, 4) is 22.5 Å². The number of aromatic nitrogens is 4. The molecule has 1 amide bonds. The molecule has 0 radical (unpaired) electrons. The van der Waals surface area contributed by atoms with Crippen LogP contribution >= 0.6 is 11.6 Å². The Morgan fingerprint density at radius 3 is 2.26 bits per heavy atom. The average molecular weight is 434 g/mol. The maximum atomic E-state index is 12.8. The van der Waals surface area contributed by atoms with Crippen molar-refractivity contribution in [2.45, 2.75) is 19.1 Å². The molecule has 1 aliphatic rings. The maximum Gasteiger partial charge on any atom is 0.244 e. The van der Waals surface area contributed by atoms with E-state index in [1.165, 1.54) is 0 Å². The number of rotatable bonds is 4. The number of likely N-dealkylation sites (tertiary alicyclic amines) is 1. The van der Waals surface area contributed by atoms with Gasteiger partial charge in [-0.15, -0.1) is 10.2 Å². The Bertz CT molecular complexity index is 1240. The Hall–Kier alpha value is -3.29. The molecular formula is C23H20ClN5O2. The summed E-state index contributed by atoms with van der Waals surface area (Å²) < 4.78 is 1.55. The Morgan fingerprint density at radius 2 is 1.65 bits per heavy atom. The van der Waals surface area contributed by atoms with Gasteiger partial charge in [-0.2, -0.15) is 5.10 Å². The fourth-order valence-electron chi connectivity index (χ4n) is 3.90. The van der Waals surface area contributed by atoms with Crippen molar-refractivity contribution in [2.75, 3.05) is 13.1 Å². The summed E-state index contributed by atoms with van der Waals surface area (Å²) in [6.07, 6.45) is 0.119. The van der Waals surface area contributed by atoms with Gasteiger partial charge in [0, 0.05) is 24.2 Å². The monoisotopic (exact) mass is 433 g/mol. The summed E-state index contributed by atoms with van der Waals surface area (Å²) in [5.41, 5.74) is 3.42. The molecule has 5 rings (SSSR count). The second kappa shape index (κ2) is 8.09. The van der Waals surface area contributed by atoms with Crippen molar-refractivity contribution in [1.82, 2.24) is 24.9 Å². The molecule has 1 unspecified atom stereocenters. The van der Waals surface area contributed by atoms with Gasteiger partial charge in [-0.25, -0.2) is 4.68 Å². The third-order valence-corrected chi connectivity index (χ3v) is 5.86. The van der Waals surface area contributed by atoms with E-state index < -0.39 is 6.10 Å². The quantitative estimate of drug-likeness (QED) is 0.533. The first-order valence-electron chi connectivity index (χ1n) is 10.1. The molecule has 3 heterocycles. The van der Waals surface area contributed by atoms with Gasteiger partial charge < -0.3 is 10.0 Å². The summed E-state index contributed by atoms with van der Waals surface area (Å²) >= 11 is 6.84. The van der Waals surface area contributed by atoms with Crippen molar-refractivity contribution in [3.05, 3.63) is 65.7 Å². The molecule has 4 aromatic rings. The maximum absolute atomic E-state index is 12.8. The minimum atomic E-state index is -0.471. The van der Waals surface area contributed by atoms with Crippen LogP contribution in [0.15, 0.2) is 60.7 Å². The van der Waals surface area contributed by atoms with Crippen molar-refractivity contribution in [2.24, 2.45) is 0 Å². The molecule has 1 aliphatic heterocycles. The summed E-state index contributed by atoms with van der Waals surface area (Å²) in [4.78, 5) is 14.4. The summed E-state index contributed by atoms with van der Waals surface area (Å²) in [6, 6.07) is 19.3. The summed E-state index contributed by atoms with van der Waals surface area (Å²) in [6.45, 7) is 0.884. The number of amides is 1. The number of carbonyl (C=O) groups is 1. The number of aliphatic hydroxyl groups excluding tert-OH is 1. The Kier molecular flexibility index (Phi) is 5.13. The molecule has 1 atom stereocenters. The van der Waals surface area contributed by atoms with Gasteiger partial charge in [-0.05, 0) is 6.42 Å². The second-order valence-electron chi connectivity index (χ2n) is 7.58. The first kappa shape index (κ1) is 19.7. The van der Waals surface area contributed by atoms with E-state index in [-0.39, 0.29) is 12.5 Å². The average Bonchev–Trinajstić information content (AvgIpc) is 3.40. The molecule has 0 saturated carbocycles. The highest BCUT2D eigenvalue weighted by Gasteiger charge is 2.27. The third kappa shape index (κ3) is 3.66. The second-order valence-corrected chi connectivity index (χ2v) is 7.96. The van der Waals surface area contributed by atoms with Crippen molar-refractivity contribution < 1.29 is 9.90 Å². The molecule has 0 aliphatic carbocycles. The normalized spacial score (nSPS) is 16.2. The van der Waals surface area contributed by atoms with Crippen molar-refractivity contribution in [3.63, 3.8) is 0 Å². The van der Waals surface area contributed by atoms with Gasteiger partial charge in [-0.1, -0.05) is 72.3 Å². The van der Waals surface area contributed by atoms with Crippen molar-refractivity contribution in [1.29, 1.82) is 0 Å². The third-order valence-electron chi connectivity index (χ3n) is 5.49. The van der Waals surface area contributed by atoms with E-state index >= 15 is 0 Å². The zero-order valence-corrected chi connectivity index (χ0v) is 17.4. The van der Waals surface area contributed by atoms with Gasteiger partial charge in [0.2, 0.25) is 5.91 Å². The predicted octanol–water partition coefficient (Wildman–Crippen LogP) is 3.41. The van der Waals surface area contributed by atoms with Gasteiger partial charge in [0.25, 0.3) is 0 Å². The van der Waals surface area contributed by atoms with Crippen LogP contribution < -0.4 is 0 Å². The lowest BCUT2D eigenvalue weighted by atomic mass is 10.1. The summed E-state index contributed by atoms with van der Waals surface area (Å²) in [5, 5.41) is 24.3. The van der Waals surface area contributed by atoms with E-state index in [0.29, 0.717) is 47.0 Å². The van der Waals surface area contributed by atoms with Gasteiger partial charge in [0.05, 0.1) is 16.5 Å². The van der Waals surface area contributed by atoms with Gasteiger partial charge in [0.1, 0.15) is 17.9 Å². The molecule has 31 heavy (non-hydrogen) atoms. The molecule has 0 spiro atoms. The van der Waals surface area contributed by atoms with Crippen LogP contribution in [0.3, 0.4) is 0 Å². The van der Waals surface area contributed by atoms with Crippen LogP contribution in [-0.4, -0.2) is 55.1 Å². The molecule has 1 saturated heterocycles. The predicted molar refractivity (Wildman–Crippen MR) is 118 cm³/mol. The fourth-order valence-corrected chi connectivity index (χ4v) is 4.22. The highest BCUT2D eigenvalue weighted by atomic mass is 35.5. The number of halogens is 1. The standard InChI is InChI=1S/C23H20ClN5O2/c24-20-19-21(15-7-3-1-4-8-15)27-29(14-18(31)28-12-11-17(30)13-28)23(19)26-25-22(20)16-9-5-2-6-10-16/h1-10,17,30H,11-14H2. The Morgan fingerprint density at radius 1 is 1.00 bits per heavy atom. The van der Waals surface area contributed by atoms with Gasteiger partial charge >= 0.3 is 0 Å². The lowest BCUT2D eigenvalue weighted by Crippen LogP contribution is -2.32. The zero-order valence-electron chi connectivity index (χ0n) is 16.6. The SMILES string of the molecule is O=C(Cn1nc(-c2ccccc2)c2c(Cl)c(-c3ccccc3)nnc21)N1CCC(O)C1. The molecule has 1 N–H and O–H groups in total. The molecule has 0 bridgehead atoms. The Labute approximate surface area is 183 Å². The number of carbonyl (C=O) groups excluding carboxylic acids is 1. The summed E-state index contributed by atoms with van der Waals surface area (Å²) in [7, 11) is 0. The fraction of sp³-hybridized carbons (Fsp3) is 0.217. The van der Waals surface area contributed by atoms with Crippen LogP contribution in [0.25, 0.3) is 33.5 Å². The minimum Gasteiger partial charge on any atom is -0.391 e. The lowest BCUT2D eigenvalue weighted by molar-refractivity contribution is -0.131. The van der Waals surface area contributed by atoms with Gasteiger partial charge in [-0.3, -0.25) is 4.79 Å². The number of β-amino-alcohol motifs (C(OH)–C–C–N with tert-alkyl or cyclic N) is 1. The van der Waals surface area contributed by atoms with Crippen LogP contribution in [0.4, 0.5) is 0 Å². The first-order valence-corrected chi connectivity index (χ1v) is 10.5. The van der Waals surface area contributed by atoms with E-state index in [4.69, 9.17) is 16.7 Å². The number of hydrogen-bond donors (Lipinski definition) is 1. The highest BCUT2D eigenvalue weighted by molar-refractivity contribution is 6.38. The number of benzene rings is 2. The van der Waals surface area contributed by atoms with Crippen molar-refractivity contribution >= 4 is 28.5 Å². The van der Waals surface area contributed by atoms with Crippen LogP contribution in [0, 0.1) is 0 Å². The molecule has 8 heteroatoms. The van der Waals surface area contributed by atoms with Crippen LogP contribution in [0.2, 0.25) is 5.02 Å². The molecule has 2 aromatic heterocycles. The Balaban J connectivity index is 1.64. The zero-order chi connectivity index (χ0) is 21.4. The number of aliphatic hydroxyl groups is 1. The van der Waals surface area contributed by atoms with Crippen LogP contribution in [0.5, 0.6) is 0 Å². The largest absolute Gasteiger partial charge is 0.391 e. The molecule has 156 valence electrons. The minimum absolute atomic E-state index is 0.00570. The molecule has 1 fully saturated rings. The topological polar surface area (TPSA) is 84.1 Å². The first-order chi connectivity index (χ1) is 15.1. The van der Waals surface area contributed by atoms with E-state index in [1.807, 2.05) is 60.7 Å². The number of hydrogen-bond acceptors (Lipinski definition) is 5. The number of nitrogens with zero attached hydrogens (tertiary/aromatic N) is 5.